The van der Waals surface area contributed by atoms with E-state index in [1.807, 2.05) is 30.3 Å². The Kier molecular flexibility index (Phi) is 4.24. The fourth-order valence-electron chi connectivity index (χ4n) is 2.67. The molecule has 0 fully saturated rings. The van der Waals surface area contributed by atoms with E-state index >= 15 is 0 Å². The molecule has 1 atom stereocenters. The Morgan fingerprint density at radius 2 is 1.54 bits per heavy atom. The van der Waals surface area contributed by atoms with Crippen LogP contribution in [-0.2, 0) is 4.74 Å². The third kappa shape index (κ3) is 2.72. The van der Waals surface area contributed by atoms with Gasteiger partial charge in [-0.25, -0.2) is 0 Å². The van der Waals surface area contributed by atoms with E-state index in [-0.39, 0.29) is 11.5 Å². The highest BCUT2D eigenvalue weighted by molar-refractivity contribution is 6.30. The highest BCUT2D eigenvalue weighted by Gasteiger charge is 2.33. The maximum atomic E-state index is 9.72. The third-order valence-electron chi connectivity index (χ3n) is 3.78. The van der Waals surface area contributed by atoms with Crippen molar-refractivity contribution in [3.8, 4) is 12.1 Å². The van der Waals surface area contributed by atoms with Crippen LogP contribution >= 0.6 is 11.6 Å². The average molecular weight is 334 g/mol. The summed E-state index contributed by atoms with van der Waals surface area (Å²) in [5.74, 6) is -0.203. The van der Waals surface area contributed by atoms with E-state index in [4.69, 9.17) is 22.1 Å². The molecule has 2 N–H and O–H groups in total. The molecule has 0 aliphatic carbocycles. The lowest BCUT2D eigenvalue weighted by atomic mass is 9.83. The molecule has 1 unspecified atom stereocenters. The van der Waals surface area contributed by atoms with Crippen LogP contribution < -0.4 is 5.73 Å². The van der Waals surface area contributed by atoms with Crippen LogP contribution in [0, 0.1) is 22.7 Å². The van der Waals surface area contributed by atoms with E-state index in [9.17, 15) is 10.5 Å². The van der Waals surface area contributed by atoms with Crippen LogP contribution in [0.2, 0.25) is 5.02 Å². The van der Waals surface area contributed by atoms with Gasteiger partial charge in [0.25, 0.3) is 0 Å². The van der Waals surface area contributed by atoms with Gasteiger partial charge in [0.05, 0.1) is 17.6 Å². The first-order valence-corrected chi connectivity index (χ1v) is 7.56. The number of allylic oxidation sites excluding steroid dienone is 2. The zero-order chi connectivity index (χ0) is 17.1. The fraction of sp³-hybridized carbons (Fsp3) is 0.0526. The number of halogens is 1. The first kappa shape index (κ1) is 15.7. The molecule has 0 aromatic heterocycles. The van der Waals surface area contributed by atoms with Gasteiger partial charge in [0.2, 0.25) is 5.88 Å². The lowest BCUT2D eigenvalue weighted by Gasteiger charge is -2.26. The Labute approximate surface area is 144 Å². The SMILES string of the molecule is N#CC1=C(N)OC(c2ccccc2)=C(C#N)C1c1ccc(Cl)cc1. The predicted octanol–water partition coefficient (Wildman–Crippen LogP) is 4.08. The topological polar surface area (TPSA) is 82.8 Å². The normalized spacial score (nSPS) is 17.0. The Bertz CT molecular complexity index is 916. The molecule has 5 heteroatoms. The van der Waals surface area contributed by atoms with Gasteiger partial charge in [0.15, 0.2) is 5.76 Å². The second-order valence-corrected chi connectivity index (χ2v) is 5.63. The first-order valence-electron chi connectivity index (χ1n) is 7.18. The van der Waals surface area contributed by atoms with Gasteiger partial charge in [0.1, 0.15) is 11.6 Å². The number of ether oxygens (including phenoxy) is 1. The van der Waals surface area contributed by atoms with Gasteiger partial charge in [-0.15, -0.1) is 0 Å². The molecule has 2 aromatic carbocycles. The minimum atomic E-state index is -0.582. The molecule has 1 heterocycles. The molecular weight excluding hydrogens is 322 g/mol. The minimum absolute atomic E-state index is 0.00954. The lowest BCUT2D eigenvalue weighted by Crippen LogP contribution is -2.20. The van der Waals surface area contributed by atoms with Crippen molar-refractivity contribution in [2.45, 2.75) is 5.92 Å². The van der Waals surface area contributed by atoms with E-state index in [1.165, 1.54) is 0 Å². The maximum absolute atomic E-state index is 9.72. The van der Waals surface area contributed by atoms with Crippen molar-refractivity contribution in [3.05, 3.63) is 87.8 Å². The Morgan fingerprint density at radius 1 is 0.917 bits per heavy atom. The van der Waals surface area contributed by atoms with Crippen molar-refractivity contribution in [2.24, 2.45) is 5.73 Å². The van der Waals surface area contributed by atoms with Crippen LogP contribution in [-0.4, -0.2) is 0 Å². The monoisotopic (exact) mass is 333 g/mol. The molecule has 0 radical (unpaired) electrons. The van der Waals surface area contributed by atoms with Gasteiger partial charge in [0, 0.05) is 10.6 Å². The predicted molar refractivity (Wildman–Crippen MR) is 91.1 cm³/mol. The summed E-state index contributed by atoms with van der Waals surface area (Å²) in [6, 6.07) is 20.5. The van der Waals surface area contributed by atoms with Gasteiger partial charge in [-0.1, -0.05) is 54.1 Å². The van der Waals surface area contributed by atoms with Gasteiger partial charge in [-0.3, -0.25) is 0 Å². The van der Waals surface area contributed by atoms with Crippen LogP contribution in [0.4, 0.5) is 0 Å². The molecule has 0 bridgehead atoms. The van der Waals surface area contributed by atoms with Crippen LogP contribution in [0.15, 0.2) is 71.6 Å². The number of nitrogens with zero attached hydrogens (tertiary/aromatic N) is 2. The maximum Gasteiger partial charge on any atom is 0.205 e. The Balaban J connectivity index is 2.22. The van der Waals surface area contributed by atoms with E-state index in [0.29, 0.717) is 16.4 Å². The summed E-state index contributed by atoms with van der Waals surface area (Å²) in [6.07, 6.45) is 0. The Hall–Kier alpha value is -3.21. The molecule has 0 spiro atoms. The van der Waals surface area contributed by atoms with Crippen molar-refractivity contribution in [3.63, 3.8) is 0 Å². The van der Waals surface area contributed by atoms with Crippen molar-refractivity contribution < 1.29 is 4.74 Å². The molecule has 0 saturated heterocycles. The van der Waals surface area contributed by atoms with Crippen molar-refractivity contribution in [1.29, 1.82) is 10.5 Å². The van der Waals surface area contributed by atoms with Crippen LogP contribution in [0.5, 0.6) is 0 Å². The number of hydrogen-bond donors (Lipinski definition) is 1. The van der Waals surface area contributed by atoms with E-state index in [2.05, 4.69) is 12.1 Å². The highest BCUT2D eigenvalue weighted by Crippen LogP contribution is 2.41. The second-order valence-electron chi connectivity index (χ2n) is 5.20. The molecule has 24 heavy (non-hydrogen) atoms. The minimum Gasteiger partial charge on any atom is -0.439 e. The van der Waals surface area contributed by atoms with Gasteiger partial charge < -0.3 is 10.5 Å². The molecule has 116 valence electrons. The molecule has 0 saturated carbocycles. The molecule has 2 aromatic rings. The summed E-state index contributed by atoms with van der Waals surface area (Å²) in [5, 5.41) is 19.8. The summed E-state index contributed by atoms with van der Waals surface area (Å²) >= 11 is 5.94. The summed E-state index contributed by atoms with van der Waals surface area (Å²) in [5.41, 5.74) is 8.00. The summed E-state index contributed by atoms with van der Waals surface area (Å²) < 4.78 is 5.62. The zero-order valence-electron chi connectivity index (χ0n) is 12.5. The van der Waals surface area contributed by atoms with Gasteiger partial charge in [-0.2, -0.15) is 10.5 Å². The highest BCUT2D eigenvalue weighted by atomic mass is 35.5. The fourth-order valence-corrected chi connectivity index (χ4v) is 2.79. The second kappa shape index (κ2) is 6.50. The largest absolute Gasteiger partial charge is 0.439 e. The molecular formula is C19H12ClN3O. The van der Waals surface area contributed by atoms with Crippen LogP contribution in [0.3, 0.4) is 0 Å². The van der Waals surface area contributed by atoms with E-state index in [1.54, 1.807) is 24.3 Å². The molecule has 1 aliphatic rings. The van der Waals surface area contributed by atoms with Crippen LogP contribution in [0.1, 0.15) is 17.0 Å². The molecule has 0 amide bonds. The number of nitriles is 2. The van der Waals surface area contributed by atoms with Crippen molar-refractivity contribution in [1.82, 2.24) is 0 Å². The molecule has 1 aliphatic heterocycles. The van der Waals surface area contributed by atoms with E-state index in [0.717, 1.165) is 11.1 Å². The first-order chi connectivity index (χ1) is 11.7. The summed E-state index contributed by atoms with van der Waals surface area (Å²) in [6.45, 7) is 0. The summed E-state index contributed by atoms with van der Waals surface area (Å²) in [4.78, 5) is 0. The van der Waals surface area contributed by atoms with E-state index < -0.39 is 5.92 Å². The van der Waals surface area contributed by atoms with Crippen LogP contribution in [0.25, 0.3) is 5.76 Å². The number of rotatable bonds is 2. The third-order valence-corrected chi connectivity index (χ3v) is 4.03. The van der Waals surface area contributed by atoms with Gasteiger partial charge >= 0.3 is 0 Å². The number of benzene rings is 2. The quantitative estimate of drug-likeness (QED) is 0.897. The standard InChI is InChI=1S/C19H12ClN3O/c20-14-8-6-12(7-9-14)17-15(10-21)18(13-4-2-1-3-5-13)24-19(23)16(17)11-22/h1-9,17H,23H2. The molecule has 4 nitrogen and oxygen atoms in total. The number of nitrogens with two attached hydrogens (primary N) is 1. The lowest BCUT2D eigenvalue weighted by molar-refractivity contribution is 0.357. The summed E-state index contributed by atoms with van der Waals surface area (Å²) in [7, 11) is 0. The van der Waals surface area contributed by atoms with Crippen molar-refractivity contribution >= 4 is 17.4 Å². The van der Waals surface area contributed by atoms with Gasteiger partial charge in [-0.05, 0) is 17.7 Å². The Morgan fingerprint density at radius 3 is 2.12 bits per heavy atom. The van der Waals surface area contributed by atoms with Crippen molar-refractivity contribution in [2.75, 3.05) is 0 Å². The average Bonchev–Trinajstić information content (AvgIpc) is 2.62. The molecule has 3 rings (SSSR count). The number of hydrogen-bond acceptors (Lipinski definition) is 4. The zero-order valence-corrected chi connectivity index (χ0v) is 13.3. The smallest absolute Gasteiger partial charge is 0.205 e.